The fourth-order valence-electron chi connectivity index (χ4n) is 2.56. The van der Waals surface area contributed by atoms with Gasteiger partial charge < -0.3 is 15.3 Å². The summed E-state index contributed by atoms with van der Waals surface area (Å²) in [6.45, 7) is 1.32. The number of hydrogen-bond donors (Lipinski definition) is 2. The summed E-state index contributed by atoms with van der Waals surface area (Å²) < 4.78 is 0.833. The van der Waals surface area contributed by atoms with E-state index < -0.39 is 5.97 Å². The van der Waals surface area contributed by atoms with Crippen LogP contribution in [0.15, 0.2) is 22.7 Å². The molecule has 0 saturated carbocycles. The van der Waals surface area contributed by atoms with Crippen LogP contribution in [0.3, 0.4) is 0 Å². The van der Waals surface area contributed by atoms with Crippen LogP contribution in [0.1, 0.15) is 23.2 Å². The molecule has 108 valence electrons. The first-order valence-corrected chi connectivity index (χ1v) is 7.31. The Kier molecular flexibility index (Phi) is 4.65. The fourth-order valence-corrected chi connectivity index (χ4v) is 2.91. The number of hydrogen-bond acceptors (Lipinski definition) is 3. The molecule has 1 amide bonds. The maximum atomic E-state index is 11.8. The van der Waals surface area contributed by atoms with Crippen molar-refractivity contribution in [3.05, 3.63) is 28.2 Å². The zero-order valence-corrected chi connectivity index (χ0v) is 12.8. The van der Waals surface area contributed by atoms with E-state index in [0.717, 1.165) is 23.9 Å². The van der Waals surface area contributed by atoms with Gasteiger partial charge >= 0.3 is 5.97 Å². The van der Waals surface area contributed by atoms with Gasteiger partial charge in [-0.2, -0.15) is 0 Å². The number of amides is 1. The molecule has 0 bridgehead atoms. The molecule has 1 unspecified atom stereocenters. The molecule has 20 heavy (non-hydrogen) atoms. The fraction of sp³-hybridized carbons (Fsp3) is 0.429. The van der Waals surface area contributed by atoms with E-state index in [1.54, 1.807) is 25.2 Å². The molecule has 0 radical (unpaired) electrons. The van der Waals surface area contributed by atoms with Crippen LogP contribution in [0.2, 0.25) is 0 Å². The highest BCUT2D eigenvalue weighted by Crippen LogP contribution is 2.29. The normalized spacial score (nSPS) is 18.7. The van der Waals surface area contributed by atoms with Gasteiger partial charge in [-0.25, -0.2) is 4.79 Å². The maximum absolute atomic E-state index is 11.8. The largest absolute Gasteiger partial charge is 0.478 e. The van der Waals surface area contributed by atoms with Crippen molar-refractivity contribution in [1.82, 2.24) is 5.32 Å². The number of benzene rings is 1. The monoisotopic (exact) mass is 340 g/mol. The minimum absolute atomic E-state index is 0.0153. The molecule has 0 spiro atoms. The van der Waals surface area contributed by atoms with Crippen molar-refractivity contribution in [1.29, 1.82) is 0 Å². The van der Waals surface area contributed by atoms with Crippen LogP contribution < -0.4 is 10.2 Å². The first kappa shape index (κ1) is 14.8. The van der Waals surface area contributed by atoms with Crippen molar-refractivity contribution < 1.29 is 14.7 Å². The number of carboxylic acid groups (broad SMARTS) is 1. The number of carboxylic acids is 1. The van der Waals surface area contributed by atoms with Gasteiger partial charge in [-0.3, -0.25) is 4.79 Å². The predicted molar refractivity (Wildman–Crippen MR) is 80.1 cm³/mol. The van der Waals surface area contributed by atoms with Gasteiger partial charge in [0.05, 0.1) is 17.2 Å². The molecule has 1 aliphatic rings. The van der Waals surface area contributed by atoms with E-state index in [-0.39, 0.29) is 17.4 Å². The van der Waals surface area contributed by atoms with Crippen LogP contribution in [0, 0.1) is 5.92 Å². The molecule has 1 aliphatic heterocycles. The second-order valence-corrected chi connectivity index (χ2v) is 5.78. The average Bonchev–Trinajstić information content (AvgIpc) is 2.46. The Hall–Kier alpha value is -1.56. The van der Waals surface area contributed by atoms with E-state index in [1.165, 1.54) is 0 Å². The molecule has 1 heterocycles. The Morgan fingerprint density at radius 2 is 2.20 bits per heavy atom. The van der Waals surface area contributed by atoms with Crippen LogP contribution in [0.4, 0.5) is 5.69 Å². The minimum Gasteiger partial charge on any atom is -0.478 e. The number of carbonyl (C=O) groups excluding carboxylic acids is 1. The topological polar surface area (TPSA) is 69.6 Å². The Bertz CT molecular complexity index is 533. The van der Waals surface area contributed by atoms with Gasteiger partial charge in [-0.15, -0.1) is 0 Å². The van der Waals surface area contributed by atoms with Gasteiger partial charge in [-0.05, 0) is 31.0 Å². The van der Waals surface area contributed by atoms with Crippen molar-refractivity contribution in [2.24, 2.45) is 5.92 Å². The van der Waals surface area contributed by atoms with Crippen molar-refractivity contribution in [3.63, 3.8) is 0 Å². The van der Waals surface area contributed by atoms with Crippen molar-refractivity contribution in [2.45, 2.75) is 12.8 Å². The minimum atomic E-state index is -0.949. The van der Waals surface area contributed by atoms with E-state index in [4.69, 9.17) is 0 Å². The number of piperidine rings is 1. The van der Waals surface area contributed by atoms with Gasteiger partial charge in [-0.1, -0.05) is 15.9 Å². The molecule has 1 aromatic rings. The summed E-state index contributed by atoms with van der Waals surface area (Å²) in [5.41, 5.74) is 0.936. The SMILES string of the molecule is CNC(=O)C1CCCN(c2cc(Br)ccc2C(=O)O)C1. The number of anilines is 1. The Balaban J connectivity index is 2.28. The molecular formula is C14H17BrN2O3. The average molecular weight is 341 g/mol. The quantitative estimate of drug-likeness (QED) is 0.884. The van der Waals surface area contributed by atoms with Gasteiger partial charge in [0, 0.05) is 24.6 Å². The van der Waals surface area contributed by atoms with Gasteiger partial charge in [0.15, 0.2) is 0 Å². The third kappa shape index (κ3) is 3.12. The molecule has 0 aliphatic carbocycles. The van der Waals surface area contributed by atoms with Crippen LogP contribution >= 0.6 is 15.9 Å². The van der Waals surface area contributed by atoms with Gasteiger partial charge in [0.1, 0.15) is 0 Å². The highest BCUT2D eigenvalue weighted by molar-refractivity contribution is 9.10. The molecule has 5 nitrogen and oxygen atoms in total. The van der Waals surface area contributed by atoms with E-state index in [2.05, 4.69) is 21.2 Å². The summed E-state index contributed by atoms with van der Waals surface area (Å²) in [5.74, 6) is -1.02. The standard InChI is InChI=1S/C14H17BrN2O3/c1-16-13(18)9-3-2-6-17(8-9)12-7-10(15)4-5-11(12)14(19)20/h4-5,7,9H,2-3,6,8H2,1H3,(H,16,18)(H,19,20). The molecule has 6 heteroatoms. The van der Waals surface area contributed by atoms with Crippen molar-refractivity contribution >= 4 is 33.5 Å². The Morgan fingerprint density at radius 3 is 2.85 bits per heavy atom. The van der Waals surface area contributed by atoms with Gasteiger partial charge in [0.2, 0.25) is 5.91 Å². The lowest BCUT2D eigenvalue weighted by atomic mass is 9.96. The van der Waals surface area contributed by atoms with Crippen molar-refractivity contribution in [2.75, 3.05) is 25.0 Å². The molecular weight excluding hydrogens is 324 g/mol. The Labute approximate surface area is 126 Å². The molecule has 1 aromatic carbocycles. The maximum Gasteiger partial charge on any atom is 0.337 e. The third-order valence-electron chi connectivity index (χ3n) is 3.57. The third-order valence-corrected chi connectivity index (χ3v) is 4.06. The Morgan fingerprint density at radius 1 is 1.45 bits per heavy atom. The summed E-state index contributed by atoms with van der Waals surface area (Å²) in [5, 5.41) is 12.0. The summed E-state index contributed by atoms with van der Waals surface area (Å²) >= 11 is 3.37. The first-order valence-electron chi connectivity index (χ1n) is 6.52. The predicted octanol–water partition coefficient (Wildman–Crippen LogP) is 2.11. The highest BCUT2D eigenvalue weighted by Gasteiger charge is 2.27. The van der Waals surface area contributed by atoms with Crippen molar-refractivity contribution in [3.8, 4) is 0 Å². The van der Waals surface area contributed by atoms with Crippen LogP contribution in [-0.4, -0.2) is 37.1 Å². The zero-order valence-electron chi connectivity index (χ0n) is 11.2. The number of halogens is 1. The summed E-state index contributed by atoms with van der Waals surface area (Å²) in [4.78, 5) is 25.1. The number of nitrogens with one attached hydrogen (secondary N) is 1. The molecule has 1 fully saturated rings. The molecule has 2 N–H and O–H groups in total. The molecule has 0 aromatic heterocycles. The lowest BCUT2D eigenvalue weighted by Gasteiger charge is -2.34. The number of aromatic carboxylic acids is 1. The second-order valence-electron chi connectivity index (χ2n) is 4.87. The van der Waals surface area contributed by atoms with Crippen LogP contribution in [0.25, 0.3) is 0 Å². The smallest absolute Gasteiger partial charge is 0.337 e. The summed E-state index contributed by atoms with van der Waals surface area (Å²) in [6, 6.07) is 5.11. The summed E-state index contributed by atoms with van der Waals surface area (Å²) in [7, 11) is 1.63. The molecule has 1 saturated heterocycles. The molecule has 2 rings (SSSR count). The lowest BCUT2D eigenvalue weighted by Crippen LogP contribution is -2.42. The van der Waals surface area contributed by atoms with Gasteiger partial charge in [0.25, 0.3) is 0 Å². The van der Waals surface area contributed by atoms with E-state index in [0.29, 0.717) is 12.2 Å². The van der Waals surface area contributed by atoms with E-state index in [1.807, 2.05) is 4.90 Å². The number of carbonyl (C=O) groups is 2. The second kappa shape index (κ2) is 6.26. The molecule has 1 atom stereocenters. The first-order chi connectivity index (χ1) is 9.52. The number of rotatable bonds is 3. The lowest BCUT2D eigenvalue weighted by molar-refractivity contribution is -0.124. The van der Waals surface area contributed by atoms with Crippen LogP contribution in [-0.2, 0) is 4.79 Å². The van der Waals surface area contributed by atoms with Crippen LogP contribution in [0.5, 0.6) is 0 Å². The van der Waals surface area contributed by atoms with E-state index >= 15 is 0 Å². The highest BCUT2D eigenvalue weighted by atomic mass is 79.9. The van der Waals surface area contributed by atoms with E-state index in [9.17, 15) is 14.7 Å². The zero-order chi connectivity index (χ0) is 14.7. The number of nitrogens with zero attached hydrogens (tertiary/aromatic N) is 1. The summed E-state index contributed by atoms with van der Waals surface area (Å²) in [6.07, 6.45) is 1.72.